The van der Waals surface area contributed by atoms with Crippen LogP contribution in [0.2, 0.25) is 0 Å². The molecule has 8 heteroatoms. The average Bonchev–Trinajstić information content (AvgIpc) is 2.73. The molecule has 0 radical (unpaired) electrons. The predicted octanol–water partition coefficient (Wildman–Crippen LogP) is 3.55. The monoisotopic (exact) mass is 394 g/mol. The Bertz CT molecular complexity index is 1090. The molecule has 29 heavy (non-hydrogen) atoms. The second kappa shape index (κ2) is 7.46. The number of carbonyl (C=O) groups is 1. The Labute approximate surface area is 166 Å². The van der Waals surface area contributed by atoms with Crippen molar-refractivity contribution in [2.24, 2.45) is 0 Å². The summed E-state index contributed by atoms with van der Waals surface area (Å²) < 4.78 is 13.8. The average molecular weight is 394 g/mol. The van der Waals surface area contributed by atoms with Crippen LogP contribution in [0.4, 0.5) is 15.8 Å². The van der Waals surface area contributed by atoms with Crippen molar-refractivity contribution in [3.63, 3.8) is 0 Å². The molecule has 2 aromatic carbocycles. The number of benzene rings is 2. The number of piperazine rings is 1. The van der Waals surface area contributed by atoms with Crippen LogP contribution in [0, 0.1) is 22.9 Å². The maximum Gasteiger partial charge on any atom is 0.269 e. The maximum absolute atomic E-state index is 13.8. The highest BCUT2D eigenvalue weighted by molar-refractivity contribution is 5.95. The fourth-order valence-corrected chi connectivity index (χ4v) is 3.63. The summed E-state index contributed by atoms with van der Waals surface area (Å²) in [5.74, 6) is -0.460. The van der Waals surface area contributed by atoms with Gasteiger partial charge in [0, 0.05) is 60.6 Å². The van der Waals surface area contributed by atoms with Crippen molar-refractivity contribution in [1.82, 2.24) is 9.88 Å². The molecule has 1 amide bonds. The van der Waals surface area contributed by atoms with Gasteiger partial charge in [0.25, 0.3) is 11.6 Å². The summed E-state index contributed by atoms with van der Waals surface area (Å²) in [5.41, 5.74) is 2.89. The number of aromatic nitrogens is 1. The lowest BCUT2D eigenvalue weighted by Gasteiger charge is -2.36. The van der Waals surface area contributed by atoms with Gasteiger partial charge in [-0.2, -0.15) is 0 Å². The molecular formula is C21H19FN4O3. The number of halogens is 1. The largest absolute Gasteiger partial charge is 0.367 e. The van der Waals surface area contributed by atoms with E-state index in [1.165, 1.54) is 36.4 Å². The summed E-state index contributed by atoms with van der Waals surface area (Å²) in [4.78, 5) is 31.3. The van der Waals surface area contributed by atoms with Crippen molar-refractivity contribution in [2.45, 2.75) is 6.92 Å². The zero-order valence-corrected chi connectivity index (χ0v) is 15.8. The highest BCUT2D eigenvalue weighted by Crippen LogP contribution is 2.28. The van der Waals surface area contributed by atoms with Crippen molar-refractivity contribution in [3.05, 3.63) is 75.7 Å². The quantitative estimate of drug-likeness (QED) is 0.501. The van der Waals surface area contributed by atoms with E-state index in [0.717, 1.165) is 22.3 Å². The molecule has 7 nitrogen and oxygen atoms in total. The van der Waals surface area contributed by atoms with E-state index in [1.807, 2.05) is 13.0 Å². The first-order chi connectivity index (χ1) is 13.9. The van der Waals surface area contributed by atoms with Crippen LogP contribution >= 0.6 is 0 Å². The first-order valence-electron chi connectivity index (χ1n) is 9.28. The number of amides is 1. The number of nitrogens with zero attached hydrogens (tertiary/aromatic N) is 4. The summed E-state index contributed by atoms with van der Waals surface area (Å²) in [6, 6.07) is 12.1. The van der Waals surface area contributed by atoms with E-state index in [-0.39, 0.29) is 17.4 Å². The number of fused-ring (bicyclic) bond motifs is 1. The van der Waals surface area contributed by atoms with Gasteiger partial charge in [-0.15, -0.1) is 0 Å². The number of hydrogen-bond acceptors (Lipinski definition) is 5. The van der Waals surface area contributed by atoms with Crippen LogP contribution in [0.1, 0.15) is 16.1 Å². The summed E-state index contributed by atoms with van der Waals surface area (Å²) in [6.07, 6.45) is 0. The molecule has 4 rings (SSSR count). The van der Waals surface area contributed by atoms with Gasteiger partial charge in [0.1, 0.15) is 5.82 Å². The molecule has 3 aromatic rings. The SMILES string of the molecule is Cc1cc(N2CCN(C(=O)c3ccc([N+](=O)[O-])cc3)CC2)c2cc(F)ccc2n1. The van der Waals surface area contributed by atoms with Crippen molar-refractivity contribution in [2.75, 3.05) is 31.1 Å². The van der Waals surface area contributed by atoms with Crippen LogP contribution < -0.4 is 4.90 Å². The number of nitro groups is 1. The molecule has 0 unspecified atom stereocenters. The number of pyridine rings is 1. The number of aryl methyl sites for hydroxylation is 1. The van der Waals surface area contributed by atoms with E-state index in [1.54, 1.807) is 11.0 Å². The number of carbonyl (C=O) groups excluding carboxylic acids is 1. The van der Waals surface area contributed by atoms with E-state index in [4.69, 9.17) is 0 Å². The van der Waals surface area contributed by atoms with E-state index in [9.17, 15) is 19.3 Å². The van der Waals surface area contributed by atoms with Gasteiger partial charge in [-0.1, -0.05) is 0 Å². The molecule has 1 fully saturated rings. The molecule has 1 aliphatic heterocycles. The summed E-state index contributed by atoms with van der Waals surface area (Å²) in [7, 11) is 0. The molecule has 0 N–H and O–H groups in total. The standard InChI is InChI=1S/C21H19FN4O3/c1-14-12-20(18-13-16(22)4-7-19(18)23-14)24-8-10-25(11-9-24)21(27)15-2-5-17(6-3-15)26(28)29/h2-7,12-13H,8-11H2,1H3. The third-order valence-corrected chi connectivity index (χ3v) is 5.11. The van der Waals surface area contributed by atoms with Gasteiger partial charge in [-0.05, 0) is 43.3 Å². The van der Waals surface area contributed by atoms with Gasteiger partial charge in [-0.3, -0.25) is 19.9 Å². The zero-order chi connectivity index (χ0) is 20.5. The molecular weight excluding hydrogens is 375 g/mol. The highest BCUT2D eigenvalue weighted by atomic mass is 19.1. The Morgan fingerprint density at radius 2 is 1.76 bits per heavy atom. The van der Waals surface area contributed by atoms with Crippen molar-refractivity contribution < 1.29 is 14.1 Å². The van der Waals surface area contributed by atoms with Gasteiger partial charge in [0.05, 0.1) is 10.4 Å². The first kappa shape index (κ1) is 18.8. The smallest absolute Gasteiger partial charge is 0.269 e. The van der Waals surface area contributed by atoms with Crippen LogP contribution in [0.15, 0.2) is 48.5 Å². The molecule has 1 saturated heterocycles. The first-order valence-corrected chi connectivity index (χ1v) is 9.28. The Kier molecular flexibility index (Phi) is 4.84. The van der Waals surface area contributed by atoms with Gasteiger partial charge in [-0.25, -0.2) is 4.39 Å². The molecule has 0 saturated carbocycles. The topological polar surface area (TPSA) is 79.6 Å². The Morgan fingerprint density at radius 1 is 1.07 bits per heavy atom. The van der Waals surface area contributed by atoms with E-state index in [0.29, 0.717) is 31.7 Å². The van der Waals surface area contributed by atoms with Gasteiger partial charge >= 0.3 is 0 Å². The molecule has 1 aromatic heterocycles. The van der Waals surface area contributed by atoms with Crippen LogP contribution in [0.3, 0.4) is 0 Å². The minimum Gasteiger partial charge on any atom is -0.367 e. The minimum absolute atomic E-state index is 0.0430. The van der Waals surface area contributed by atoms with Crippen LogP contribution in [-0.4, -0.2) is 46.9 Å². The van der Waals surface area contributed by atoms with Crippen molar-refractivity contribution in [3.8, 4) is 0 Å². The fourth-order valence-electron chi connectivity index (χ4n) is 3.63. The number of rotatable bonds is 3. The molecule has 1 aliphatic rings. The number of non-ortho nitro benzene ring substituents is 1. The normalized spacial score (nSPS) is 14.3. The number of anilines is 1. The summed E-state index contributed by atoms with van der Waals surface area (Å²) in [6.45, 7) is 4.13. The van der Waals surface area contributed by atoms with Crippen LogP contribution in [0.25, 0.3) is 10.9 Å². The fraction of sp³-hybridized carbons (Fsp3) is 0.238. The lowest BCUT2D eigenvalue weighted by molar-refractivity contribution is -0.384. The van der Waals surface area contributed by atoms with Crippen molar-refractivity contribution in [1.29, 1.82) is 0 Å². The van der Waals surface area contributed by atoms with E-state index < -0.39 is 4.92 Å². The van der Waals surface area contributed by atoms with Gasteiger partial charge in [0.15, 0.2) is 0 Å². The second-order valence-corrected chi connectivity index (χ2v) is 7.03. The zero-order valence-electron chi connectivity index (χ0n) is 15.8. The Balaban J connectivity index is 1.51. The third kappa shape index (κ3) is 3.73. The summed E-state index contributed by atoms with van der Waals surface area (Å²) in [5, 5.41) is 11.5. The maximum atomic E-state index is 13.8. The summed E-state index contributed by atoms with van der Waals surface area (Å²) >= 11 is 0. The van der Waals surface area contributed by atoms with Crippen LogP contribution in [0.5, 0.6) is 0 Å². The van der Waals surface area contributed by atoms with Crippen LogP contribution in [-0.2, 0) is 0 Å². The minimum atomic E-state index is -0.489. The lowest BCUT2D eigenvalue weighted by atomic mass is 10.1. The molecule has 0 aliphatic carbocycles. The van der Waals surface area contributed by atoms with Gasteiger partial charge < -0.3 is 9.80 Å². The van der Waals surface area contributed by atoms with Gasteiger partial charge in [0.2, 0.25) is 0 Å². The third-order valence-electron chi connectivity index (χ3n) is 5.11. The molecule has 0 spiro atoms. The van der Waals surface area contributed by atoms with E-state index in [2.05, 4.69) is 9.88 Å². The lowest BCUT2D eigenvalue weighted by Crippen LogP contribution is -2.48. The molecule has 2 heterocycles. The number of hydrogen-bond donors (Lipinski definition) is 0. The number of nitro benzene ring substituents is 1. The molecule has 0 bridgehead atoms. The highest BCUT2D eigenvalue weighted by Gasteiger charge is 2.24. The molecule has 0 atom stereocenters. The molecule has 148 valence electrons. The second-order valence-electron chi connectivity index (χ2n) is 7.03. The van der Waals surface area contributed by atoms with E-state index >= 15 is 0 Å². The van der Waals surface area contributed by atoms with Crippen molar-refractivity contribution >= 4 is 28.2 Å². The predicted molar refractivity (Wildman–Crippen MR) is 108 cm³/mol. The Morgan fingerprint density at radius 3 is 2.41 bits per heavy atom. The Hall–Kier alpha value is -3.55.